The summed E-state index contributed by atoms with van der Waals surface area (Å²) in [5, 5.41) is 3.41. The number of Topliss-reactive ketones (excluding diaryl/α,β-unsaturated/α-hetero) is 1. The summed E-state index contributed by atoms with van der Waals surface area (Å²) in [7, 11) is 1.98. The topological polar surface area (TPSA) is 38.3 Å². The Morgan fingerprint density at radius 3 is 2.62 bits per heavy atom. The molecule has 0 radical (unpaired) electrons. The molecule has 1 fully saturated rings. The molecule has 0 spiro atoms. The van der Waals surface area contributed by atoms with Gasteiger partial charge >= 0.3 is 0 Å². The van der Waals surface area contributed by atoms with Gasteiger partial charge in [0, 0.05) is 17.5 Å². The van der Waals surface area contributed by atoms with Crippen LogP contribution in [0.4, 0.5) is 0 Å². The summed E-state index contributed by atoms with van der Waals surface area (Å²) in [6.07, 6.45) is 6.60. The van der Waals surface area contributed by atoms with Gasteiger partial charge in [-0.05, 0) is 45.9 Å². The first-order chi connectivity index (χ1) is 10.0. The van der Waals surface area contributed by atoms with Crippen molar-refractivity contribution in [2.24, 2.45) is 0 Å². The average Bonchev–Trinajstić information content (AvgIpc) is 2.48. The number of carbonyl (C=O) groups excluding carboxylic acids is 1. The highest BCUT2D eigenvalue weighted by Gasteiger charge is 2.32. The molecule has 0 amide bonds. The van der Waals surface area contributed by atoms with Crippen LogP contribution in [-0.2, 0) is 0 Å². The van der Waals surface area contributed by atoms with Crippen LogP contribution in [0.25, 0.3) is 0 Å². The second-order valence-corrected chi connectivity index (χ2v) is 6.39. The molecule has 0 unspecified atom stereocenters. The van der Waals surface area contributed by atoms with Gasteiger partial charge in [-0.3, -0.25) is 4.79 Å². The van der Waals surface area contributed by atoms with Gasteiger partial charge in [-0.1, -0.05) is 31.4 Å². The summed E-state index contributed by atoms with van der Waals surface area (Å²) in [5.41, 5.74) is 0.748. The van der Waals surface area contributed by atoms with E-state index in [-0.39, 0.29) is 17.4 Å². The fourth-order valence-electron chi connectivity index (χ4n) is 3.17. The maximum Gasteiger partial charge on any atom is 0.164 e. The molecule has 0 aromatic heterocycles. The van der Waals surface area contributed by atoms with Crippen molar-refractivity contribution in [3.05, 3.63) is 29.8 Å². The molecule has 0 saturated heterocycles. The summed E-state index contributed by atoms with van der Waals surface area (Å²) in [6, 6.07) is 7.57. The molecule has 1 N–H and O–H groups in total. The highest BCUT2D eigenvalue weighted by Crippen LogP contribution is 2.32. The van der Waals surface area contributed by atoms with Crippen LogP contribution < -0.4 is 10.1 Å². The van der Waals surface area contributed by atoms with Crippen molar-refractivity contribution in [1.29, 1.82) is 0 Å². The first-order valence-electron chi connectivity index (χ1n) is 8.03. The predicted octanol–water partition coefficient (Wildman–Crippen LogP) is 3.97. The van der Waals surface area contributed by atoms with Crippen LogP contribution in [0.3, 0.4) is 0 Å². The number of carbonyl (C=O) groups is 1. The maximum atomic E-state index is 12.6. The zero-order valence-electron chi connectivity index (χ0n) is 13.4. The molecular formula is C18H27NO2. The minimum Gasteiger partial charge on any atom is -0.491 e. The van der Waals surface area contributed by atoms with Crippen molar-refractivity contribution in [3.8, 4) is 5.75 Å². The standard InChI is InChI=1S/C18H27NO2/c1-14(2)21-16-9-7-8-15(12-16)17(20)13-18(19-3)10-5-4-6-11-18/h7-9,12,14,19H,4-6,10-11,13H2,1-3H3. The molecule has 0 bridgehead atoms. The summed E-state index contributed by atoms with van der Waals surface area (Å²) in [4.78, 5) is 12.6. The smallest absolute Gasteiger partial charge is 0.164 e. The molecule has 1 aromatic rings. The quantitative estimate of drug-likeness (QED) is 0.805. The van der Waals surface area contributed by atoms with Crippen LogP contribution in [0.2, 0.25) is 0 Å². The van der Waals surface area contributed by atoms with Gasteiger partial charge in [-0.25, -0.2) is 0 Å². The SMILES string of the molecule is CNC1(CC(=O)c2cccc(OC(C)C)c2)CCCCC1. The fraction of sp³-hybridized carbons (Fsp3) is 0.611. The number of hydrogen-bond acceptors (Lipinski definition) is 3. The van der Waals surface area contributed by atoms with Gasteiger partial charge in [-0.15, -0.1) is 0 Å². The largest absolute Gasteiger partial charge is 0.491 e. The monoisotopic (exact) mass is 289 g/mol. The maximum absolute atomic E-state index is 12.6. The van der Waals surface area contributed by atoms with Crippen LogP contribution in [0.5, 0.6) is 5.75 Å². The highest BCUT2D eigenvalue weighted by atomic mass is 16.5. The number of nitrogens with one attached hydrogen (secondary N) is 1. The third-order valence-electron chi connectivity index (χ3n) is 4.37. The Bertz CT molecular complexity index is 476. The van der Waals surface area contributed by atoms with Crippen molar-refractivity contribution >= 4 is 5.78 Å². The van der Waals surface area contributed by atoms with Crippen molar-refractivity contribution in [2.45, 2.75) is 64.0 Å². The third-order valence-corrected chi connectivity index (χ3v) is 4.37. The minimum absolute atomic E-state index is 0.00968. The Kier molecular flexibility index (Phi) is 5.40. The van der Waals surface area contributed by atoms with Crippen molar-refractivity contribution < 1.29 is 9.53 Å². The van der Waals surface area contributed by atoms with Gasteiger partial charge in [0.25, 0.3) is 0 Å². The van der Waals surface area contributed by atoms with Gasteiger partial charge in [0.2, 0.25) is 0 Å². The number of benzene rings is 1. The van der Waals surface area contributed by atoms with Crippen molar-refractivity contribution in [1.82, 2.24) is 5.32 Å². The van der Waals surface area contributed by atoms with Gasteiger partial charge in [0.15, 0.2) is 5.78 Å². The van der Waals surface area contributed by atoms with E-state index in [4.69, 9.17) is 4.74 Å². The molecule has 3 heteroatoms. The number of ketones is 1. The van der Waals surface area contributed by atoms with E-state index in [9.17, 15) is 4.79 Å². The van der Waals surface area contributed by atoms with Gasteiger partial charge in [0.05, 0.1) is 6.10 Å². The third kappa shape index (κ3) is 4.31. The van der Waals surface area contributed by atoms with Gasteiger partial charge in [0.1, 0.15) is 5.75 Å². The molecule has 0 heterocycles. The molecule has 1 aromatic carbocycles. The molecule has 1 aliphatic rings. The summed E-state index contributed by atoms with van der Waals surface area (Å²) < 4.78 is 5.68. The second kappa shape index (κ2) is 7.08. The number of hydrogen-bond donors (Lipinski definition) is 1. The Balaban J connectivity index is 2.08. The lowest BCUT2D eigenvalue weighted by Crippen LogP contribution is -2.46. The normalized spacial score (nSPS) is 17.7. The molecule has 1 saturated carbocycles. The second-order valence-electron chi connectivity index (χ2n) is 6.39. The summed E-state index contributed by atoms with van der Waals surface area (Å²) >= 11 is 0. The zero-order valence-corrected chi connectivity index (χ0v) is 13.4. The van der Waals surface area contributed by atoms with E-state index in [0.29, 0.717) is 6.42 Å². The van der Waals surface area contributed by atoms with E-state index < -0.39 is 0 Å². The molecule has 2 rings (SSSR count). The van der Waals surface area contributed by atoms with Crippen molar-refractivity contribution in [2.75, 3.05) is 7.05 Å². The molecule has 116 valence electrons. The lowest BCUT2D eigenvalue weighted by atomic mass is 9.77. The molecule has 0 atom stereocenters. The van der Waals surface area contributed by atoms with E-state index in [2.05, 4.69) is 5.32 Å². The van der Waals surface area contributed by atoms with E-state index in [1.807, 2.05) is 45.2 Å². The molecule has 3 nitrogen and oxygen atoms in total. The number of ether oxygens (including phenoxy) is 1. The van der Waals surface area contributed by atoms with Crippen LogP contribution in [0, 0.1) is 0 Å². The number of rotatable bonds is 6. The molecule has 0 aliphatic heterocycles. The van der Waals surface area contributed by atoms with E-state index in [1.54, 1.807) is 0 Å². The average molecular weight is 289 g/mol. The van der Waals surface area contributed by atoms with E-state index in [1.165, 1.54) is 19.3 Å². The van der Waals surface area contributed by atoms with Crippen LogP contribution in [-0.4, -0.2) is 24.5 Å². The fourth-order valence-corrected chi connectivity index (χ4v) is 3.17. The van der Waals surface area contributed by atoms with Gasteiger partial charge in [-0.2, -0.15) is 0 Å². The van der Waals surface area contributed by atoms with Crippen LogP contribution >= 0.6 is 0 Å². The lowest BCUT2D eigenvalue weighted by molar-refractivity contribution is 0.0914. The van der Waals surface area contributed by atoms with E-state index in [0.717, 1.165) is 24.2 Å². The predicted molar refractivity (Wildman–Crippen MR) is 86.0 cm³/mol. The van der Waals surface area contributed by atoms with Crippen LogP contribution in [0.15, 0.2) is 24.3 Å². The first-order valence-corrected chi connectivity index (χ1v) is 8.03. The first kappa shape index (κ1) is 16.0. The Morgan fingerprint density at radius 2 is 2.00 bits per heavy atom. The van der Waals surface area contributed by atoms with Crippen molar-refractivity contribution in [3.63, 3.8) is 0 Å². The molecule has 21 heavy (non-hydrogen) atoms. The van der Waals surface area contributed by atoms with E-state index >= 15 is 0 Å². The van der Waals surface area contributed by atoms with Gasteiger partial charge < -0.3 is 10.1 Å². The Labute approximate surface area is 128 Å². The highest BCUT2D eigenvalue weighted by molar-refractivity contribution is 5.97. The molecular weight excluding hydrogens is 262 g/mol. The van der Waals surface area contributed by atoms with Crippen LogP contribution in [0.1, 0.15) is 62.7 Å². The minimum atomic E-state index is -0.00968. The summed E-state index contributed by atoms with van der Waals surface area (Å²) in [5.74, 6) is 0.985. The molecule has 1 aliphatic carbocycles. The zero-order chi connectivity index (χ0) is 15.3. The Morgan fingerprint density at radius 1 is 1.29 bits per heavy atom. The lowest BCUT2D eigenvalue weighted by Gasteiger charge is -2.36. The summed E-state index contributed by atoms with van der Waals surface area (Å²) in [6.45, 7) is 3.99. The Hall–Kier alpha value is -1.35.